The Kier molecular flexibility index (Phi) is 5.61. The molecule has 1 aromatic carbocycles. The summed E-state index contributed by atoms with van der Waals surface area (Å²) in [5.41, 5.74) is 2.86. The predicted octanol–water partition coefficient (Wildman–Crippen LogP) is 5.02. The first-order valence-electron chi connectivity index (χ1n) is 8.80. The van der Waals surface area contributed by atoms with Gasteiger partial charge in [0.05, 0.1) is 16.9 Å². The van der Waals surface area contributed by atoms with Gasteiger partial charge < -0.3 is 10.1 Å². The second kappa shape index (κ2) is 7.92. The lowest BCUT2D eigenvalue weighted by Crippen LogP contribution is -2.33. The van der Waals surface area contributed by atoms with Crippen LogP contribution in [0, 0.1) is 0 Å². The summed E-state index contributed by atoms with van der Waals surface area (Å²) < 4.78 is 5.28. The zero-order chi connectivity index (χ0) is 19.4. The highest BCUT2D eigenvalue weighted by atomic mass is 35.5. The van der Waals surface area contributed by atoms with Crippen molar-refractivity contribution in [3.05, 3.63) is 59.4 Å². The van der Waals surface area contributed by atoms with Crippen molar-refractivity contribution in [3.8, 4) is 11.3 Å². The summed E-state index contributed by atoms with van der Waals surface area (Å²) in [5.74, 6) is 0. The van der Waals surface area contributed by atoms with E-state index >= 15 is 0 Å². The van der Waals surface area contributed by atoms with Crippen LogP contribution in [0.1, 0.15) is 26.5 Å². The molecule has 2 aromatic heterocycles. The Morgan fingerprint density at radius 2 is 2.00 bits per heavy atom. The number of amides is 1. The smallest absolute Gasteiger partial charge is 0.407 e. The molecule has 2 heterocycles. The van der Waals surface area contributed by atoms with Crippen LogP contribution in [0.3, 0.4) is 0 Å². The molecule has 1 N–H and O–H groups in total. The van der Waals surface area contributed by atoms with Crippen molar-refractivity contribution in [3.63, 3.8) is 0 Å². The normalized spacial score (nSPS) is 11.4. The van der Waals surface area contributed by atoms with Crippen LogP contribution >= 0.6 is 11.6 Å². The molecule has 5 nitrogen and oxygen atoms in total. The Bertz CT molecular complexity index is 953. The number of ether oxygens (including phenoxy) is 1. The predicted molar refractivity (Wildman–Crippen MR) is 108 cm³/mol. The Hall–Kier alpha value is -2.66. The molecule has 0 spiro atoms. The van der Waals surface area contributed by atoms with E-state index in [4.69, 9.17) is 21.3 Å². The van der Waals surface area contributed by atoms with Crippen LogP contribution in [-0.2, 0) is 11.2 Å². The Morgan fingerprint density at radius 3 is 2.70 bits per heavy atom. The topological polar surface area (TPSA) is 64.1 Å². The zero-order valence-corrected chi connectivity index (χ0v) is 16.4. The van der Waals surface area contributed by atoms with Crippen molar-refractivity contribution in [2.24, 2.45) is 0 Å². The van der Waals surface area contributed by atoms with Gasteiger partial charge in [-0.15, -0.1) is 0 Å². The number of hydrogen-bond donors (Lipinski definition) is 1. The summed E-state index contributed by atoms with van der Waals surface area (Å²) in [4.78, 5) is 21.1. The molecule has 1 amide bonds. The minimum absolute atomic E-state index is 0.411. The average Bonchev–Trinajstić information content (AvgIpc) is 2.61. The maximum atomic E-state index is 11.9. The molecule has 140 valence electrons. The molecule has 0 atom stereocenters. The van der Waals surface area contributed by atoms with Gasteiger partial charge in [0.2, 0.25) is 0 Å². The van der Waals surface area contributed by atoms with Crippen LogP contribution in [0.4, 0.5) is 4.79 Å². The van der Waals surface area contributed by atoms with Gasteiger partial charge in [-0.3, -0.25) is 9.97 Å². The molecule has 0 aliphatic carbocycles. The highest BCUT2D eigenvalue weighted by Gasteiger charge is 2.16. The highest BCUT2D eigenvalue weighted by molar-refractivity contribution is 6.35. The van der Waals surface area contributed by atoms with Crippen molar-refractivity contribution in [1.82, 2.24) is 15.3 Å². The van der Waals surface area contributed by atoms with Crippen LogP contribution < -0.4 is 5.32 Å². The third-order valence-corrected chi connectivity index (χ3v) is 4.19. The molecule has 0 unspecified atom stereocenters. The minimum atomic E-state index is -0.527. The summed E-state index contributed by atoms with van der Waals surface area (Å²) in [7, 11) is 0. The van der Waals surface area contributed by atoms with E-state index < -0.39 is 11.7 Å². The number of rotatable bonds is 4. The third-order valence-electron chi connectivity index (χ3n) is 3.86. The van der Waals surface area contributed by atoms with Crippen molar-refractivity contribution in [2.45, 2.75) is 32.8 Å². The Balaban J connectivity index is 1.88. The van der Waals surface area contributed by atoms with Crippen molar-refractivity contribution in [2.75, 3.05) is 6.54 Å². The summed E-state index contributed by atoms with van der Waals surface area (Å²) in [6, 6.07) is 13.4. The second-order valence-electron chi connectivity index (χ2n) is 7.18. The van der Waals surface area contributed by atoms with Gasteiger partial charge in [-0.1, -0.05) is 23.7 Å². The van der Waals surface area contributed by atoms with E-state index in [1.807, 2.05) is 63.2 Å². The number of alkyl carbamates (subject to hydrolysis) is 1. The van der Waals surface area contributed by atoms with Crippen molar-refractivity contribution in [1.29, 1.82) is 0 Å². The number of aromatic nitrogens is 2. The van der Waals surface area contributed by atoms with E-state index in [0.717, 1.165) is 27.9 Å². The van der Waals surface area contributed by atoms with Crippen LogP contribution in [0.5, 0.6) is 0 Å². The van der Waals surface area contributed by atoms with Gasteiger partial charge in [0.25, 0.3) is 0 Å². The van der Waals surface area contributed by atoms with E-state index in [1.54, 1.807) is 6.20 Å². The van der Waals surface area contributed by atoms with Gasteiger partial charge in [-0.2, -0.15) is 0 Å². The quantitative estimate of drug-likeness (QED) is 0.687. The maximum Gasteiger partial charge on any atom is 0.407 e. The minimum Gasteiger partial charge on any atom is -0.444 e. The SMILES string of the molecule is CC(C)(C)OC(=O)NCCc1nc2cccc(Cl)c2cc1-c1ccccn1. The van der Waals surface area contributed by atoms with Gasteiger partial charge in [0, 0.05) is 35.1 Å². The lowest BCUT2D eigenvalue weighted by molar-refractivity contribution is 0.0528. The number of halogens is 1. The van der Waals surface area contributed by atoms with E-state index in [0.29, 0.717) is 18.0 Å². The zero-order valence-electron chi connectivity index (χ0n) is 15.6. The Labute approximate surface area is 163 Å². The number of benzene rings is 1. The van der Waals surface area contributed by atoms with Gasteiger partial charge in [-0.05, 0) is 51.1 Å². The summed E-state index contributed by atoms with van der Waals surface area (Å²) in [6.07, 6.45) is 1.85. The number of nitrogens with zero attached hydrogens (tertiary/aromatic N) is 2. The molecule has 27 heavy (non-hydrogen) atoms. The monoisotopic (exact) mass is 383 g/mol. The van der Waals surface area contributed by atoms with E-state index in [-0.39, 0.29) is 0 Å². The molecule has 6 heteroatoms. The number of hydrogen-bond acceptors (Lipinski definition) is 4. The number of nitrogens with one attached hydrogen (secondary N) is 1. The number of carbonyl (C=O) groups is 1. The molecule has 0 saturated carbocycles. The first-order valence-corrected chi connectivity index (χ1v) is 9.18. The molecular weight excluding hydrogens is 362 g/mol. The standard InChI is InChI=1S/C21H22ClN3O2/c1-21(2,3)27-20(26)24-12-10-19-15(17-8-4-5-11-23-17)13-14-16(22)7-6-9-18(14)25-19/h4-9,11,13H,10,12H2,1-3H3,(H,24,26). The van der Waals surface area contributed by atoms with Gasteiger partial charge in [-0.25, -0.2) is 4.79 Å². The number of carbonyl (C=O) groups excluding carboxylic acids is 1. The third kappa shape index (κ3) is 4.95. The highest BCUT2D eigenvalue weighted by Crippen LogP contribution is 2.29. The first-order chi connectivity index (χ1) is 12.8. The van der Waals surface area contributed by atoms with Gasteiger partial charge in [0.1, 0.15) is 5.60 Å². The average molecular weight is 384 g/mol. The fourth-order valence-electron chi connectivity index (χ4n) is 2.73. The van der Waals surface area contributed by atoms with E-state index in [1.165, 1.54) is 0 Å². The maximum absolute atomic E-state index is 11.9. The van der Waals surface area contributed by atoms with E-state index in [9.17, 15) is 4.79 Å². The Morgan fingerprint density at radius 1 is 1.19 bits per heavy atom. The lowest BCUT2D eigenvalue weighted by atomic mass is 10.0. The molecule has 0 aliphatic heterocycles. The summed E-state index contributed by atoms with van der Waals surface area (Å²) in [5, 5.41) is 4.31. The fraction of sp³-hybridized carbons (Fsp3) is 0.286. The molecule has 3 aromatic rings. The molecule has 0 bridgehead atoms. The largest absolute Gasteiger partial charge is 0.444 e. The van der Waals surface area contributed by atoms with Crippen molar-refractivity contribution >= 4 is 28.6 Å². The van der Waals surface area contributed by atoms with Crippen LogP contribution in [0.15, 0.2) is 48.7 Å². The molecule has 0 radical (unpaired) electrons. The summed E-state index contributed by atoms with van der Waals surface area (Å²) in [6.45, 7) is 5.91. The molecule has 3 rings (SSSR count). The van der Waals surface area contributed by atoms with Crippen molar-refractivity contribution < 1.29 is 9.53 Å². The molecule has 0 aliphatic rings. The summed E-state index contributed by atoms with van der Waals surface area (Å²) >= 11 is 6.34. The molecule has 0 fully saturated rings. The first kappa shape index (κ1) is 19.1. The second-order valence-corrected chi connectivity index (χ2v) is 7.59. The van der Waals surface area contributed by atoms with E-state index in [2.05, 4.69) is 10.3 Å². The fourth-order valence-corrected chi connectivity index (χ4v) is 2.95. The number of pyridine rings is 2. The number of fused-ring (bicyclic) bond motifs is 1. The van der Waals surface area contributed by atoms with Gasteiger partial charge in [0.15, 0.2) is 0 Å². The lowest BCUT2D eigenvalue weighted by Gasteiger charge is -2.19. The van der Waals surface area contributed by atoms with Crippen LogP contribution in [0.25, 0.3) is 22.2 Å². The van der Waals surface area contributed by atoms with Crippen LogP contribution in [-0.4, -0.2) is 28.2 Å². The van der Waals surface area contributed by atoms with Gasteiger partial charge >= 0.3 is 6.09 Å². The van der Waals surface area contributed by atoms with Crippen LogP contribution in [0.2, 0.25) is 5.02 Å². The molecule has 0 saturated heterocycles. The molecular formula is C21H22ClN3O2.